The van der Waals surface area contributed by atoms with Crippen molar-refractivity contribution in [3.05, 3.63) is 0 Å². The average molecular weight is 202 g/mol. The minimum atomic E-state index is 0.374. The topological polar surface area (TPSA) is 29.3 Å². The molecular weight excluding hydrogens is 180 g/mol. The van der Waals surface area contributed by atoms with Crippen LogP contribution in [0.25, 0.3) is 0 Å². The summed E-state index contributed by atoms with van der Waals surface area (Å²) in [5.74, 6) is 1.28. The highest BCUT2D eigenvalue weighted by molar-refractivity contribution is 7.99. The third kappa shape index (κ3) is 4.34. The van der Waals surface area contributed by atoms with E-state index in [9.17, 15) is 0 Å². The maximum Gasteiger partial charge on any atom is 0.0165 e. The number of nitrogens with two attached hydrogens (primary N) is 1. The van der Waals surface area contributed by atoms with Crippen LogP contribution in [0.2, 0.25) is 0 Å². The highest BCUT2D eigenvalue weighted by Crippen LogP contribution is 2.18. The fourth-order valence-electron chi connectivity index (χ4n) is 1.59. The molecule has 78 valence electrons. The van der Waals surface area contributed by atoms with E-state index in [0.29, 0.717) is 6.04 Å². The number of hydrogen-bond acceptors (Lipinski definition) is 3. The molecule has 2 atom stereocenters. The molecule has 2 N–H and O–H groups in total. The van der Waals surface area contributed by atoms with Gasteiger partial charge in [-0.3, -0.25) is 0 Å². The second kappa shape index (κ2) is 5.89. The molecule has 0 amide bonds. The van der Waals surface area contributed by atoms with E-state index >= 15 is 0 Å². The molecule has 0 saturated carbocycles. The van der Waals surface area contributed by atoms with Gasteiger partial charge in [-0.15, -0.1) is 0 Å². The van der Waals surface area contributed by atoms with Crippen LogP contribution in [-0.4, -0.2) is 41.6 Å². The summed E-state index contributed by atoms with van der Waals surface area (Å²) in [6.07, 6.45) is 2.42. The summed E-state index contributed by atoms with van der Waals surface area (Å²) in [5, 5.41) is 0.836. The first-order valence-electron chi connectivity index (χ1n) is 5.32. The van der Waals surface area contributed by atoms with Gasteiger partial charge >= 0.3 is 0 Å². The zero-order chi connectivity index (χ0) is 9.68. The lowest BCUT2D eigenvalue weighted by atomic mass is 10.2. The van der Waals surface area contributed by atoms with Gasteiger partial charge in [-0.25, -0.2) is 0 Å². The van der Waals surface area contributed by atoms with E-state index in [4.69, 9.17) is 5.73 Å². The van der Waals surface area contributed by atoms with Crippen molar-refractivity contribution >= 4 is 11.8 Å². The van der Waals surface area contributed by atoms with E-state index < -0.39 is 0 Å². The van der Waals surface area contributed by atoms with Crippen LogP contribution in [-0.2, 0) is 0 Å². The molecule has 1 aliphatic heterocycles. The lowest BCUT2D eigenvalue weighted by molar-refractivity contribution is 0.270. The first-order valence-corrected chi connectivity index (χ1v) is 6.36. The minimum Gasteiger partial charge on any atom is -0.327 e. The van der Waals surface area contributed by atoms with E-state index in [1.165, 1.54) is 25.3 Å². The number of thioether (sulfide) groups is 1. The molecular formula is C10H22N2S. The molecule has 1 aliphatic rings. The maximum atomic E-state index is 5.94. The van der Waals surface area contributed by atoms with Crippen molar-refractivity contribution in [3.8, 4) is 0 Å². The standard InChI is InChI=1S/C10H22N2S/c1-3-10(11)8-12-5-4-9(2)13-7-6-12/h9-10H,3-8,11H2,1-2H3/t9?,10-/m0/s1. The van der Waals surface area contributed by atoms with Crippen molar-refractivity contribution in [3.63, 3.8) is 0 Å². The van der Waals surface area contributed by atoms with Gasteiger partial charge in [0, 0.05) is 30.1 Å². The van der Waals surface area contributed by atoms with E-state index in [1.807, 2.05) is 0 Å². The Hall–Kier alpha value is 0.270. The molecule has 0 spiro atoms. The molecule has 0 aliphatic carbocycles. The Balaban J connectivity index is 2.25. The van der Waals surface area contributed by atoms with Gasteiger partial charge in [0.15, 0.2) is 0 Å². The van der Waals surface area contributed by atoms with Crippen LogP contribution in [0.1, 0.15) is 26.7 Å². The van der Waals surface area contributed by atoms with Crippen LogP contribution >= 0.6 is 11.8 Å². The summed E-state index contributed by atoms with van der Waals surface area (Å²) >= 11 is 2.09. The Labute approximate surface area is 86.2 Å². The predicted molar refractivity (Wildman–Crippen MR) is 61.2 cm³/mol. The summed E-state index contributed by atoms with van der Waals surface area (Å²) in [7, 11) is 0. The summed E-state index contributed by atoms with van der Waals surface area (Å²) in [5.41, 5.74) is 5.94. The molecule has 0 aromatic rings. The van der Waals surface area contributed by atoms with Crippen molar-refractivity contribution in [2.75, 3.05) is 25.4 Å². The first kappa shape index (κ1) is 11.3. The van der Waals surface area contributed by atoms with Gasteiger partial charge in [0.2, 0.25) is 0 Å². The maximum absolute atomic E-state index is 5.94. The van der Waals surface area contributed by atoms with Crippen molar-refractivity contribution < 1.29 is 0 Å². The number of rotatable bonds is 3. The Morgan fingerprint density at radius 1 is 1.54 bits per heavy atom. The molecule has 1 rings (SSSR count). The molecule has 3 heteroatoms. The Morgan fingerprint density at radius 2 is 2.31 bits per heavy atom. The second-order valence-electron chi connectivity index (χ2n) is 3.94. The Kier molecular flexibility index (Phi) is 5.14. The smallest absolute Gasteiger partial charge is 0.0165 e. The van der Waals surface area contributed by atoms with Crippen LogP contribution in [0.5, 0.6) is 0 Å². The Bertz CT molecular complexity index is 141. The van der Waals surface area contributed by atoms with E-state index in [2.05, 4.69) is 30.5 Å². The van der Waals surface area contributed by atoms with Crippen molar-refractivity contribution in [1.29, 1.82) is 0 Å². The van der Waals surface area contributed by atoms with Gasteiger partial charge in [-0.1, -0.05) is 13.8 Å². The molecule has 1 unspecified atom stereocenters. The average Bonchev–Trinajstić information content (AvgIpc) is 2.31. The molecule has 0 bridgehead atoms. The van der Waals surface area contributed by atoms with Crippen LogP contribution in [0.3, 0.4) is 0 Å². The molecule has 13 heavy (non-hydrogen) atoms. The third-order valence-corrected chi connectivity index (χ3v) is 3.90. The molecule has 1 heterocycles. The monoisotopic (exact) mass is 202 g/mol. The van der Waals surface area contributed by atoms with E-state index in [-0.39, 0.29) is 0 Å². The van der Waals surface area contributed by atoms with Gasteiger partial charge < -0.3 is 10.6 Å². The van der Waals surface area contributed by atoms with Crippen molar-refractivity contribution in [2.24, 2.45) is 5.73 Å². The highest BCUT2D eigenvalue weighted by atomic mass is 32.2. The molecule has 2 nitrogen and oxygen atoms in total. The zero-order valence-electron chi connectivity index (χ0n) is 8.83. The second-order valence-corrected chi connectivity index (χ2v) is 5.49. The van der Waals surface area contributed by atoms with Gasteiger partial charge in [-0.05, 0) is 19.4 Å². The normalized spacial score (nSPS) is 28.4. The van der Waals surface area contributed by atoms with Crippen LogP contribution in [0.4, 0.5) is 0 Å². The fraction of sp³-hybridized carbons (Fsp3) is 1.00. The summed E-state index contributed by atoms with van der Waals surface area (Å²) < 4.78 is 0. The quantitative estimate of drug-likeness (QED) is 0.753. The largest absolute Gasteiger partial charge is 0.327 e. The van der Waals surface area contributed by atoms with Crippen molar-refractivity contribution in [1.82, 2.24) is 4.90 Å². The zero-order valence-corrected chi connectivity index (χ0v) is 9.65. The lowest BCUT2D eigenvalue weighted by Gasteiger charge is -2.22. The first-order chi connectivity index (χ1) is 6.22. The summed E-state index contributed by atoms with van der Waals surface area (Å²) in [6.45, 7) is 8.04. The molecule has 0 radical (unpaired) electrons. The van der Waals surface area contributed by atoms with Gasteiger partial charge in [0.1, 0.15) is 0 Å². The van der Waals surface area contributed by atoms with Gasteiger partial charge in [0.25, 0.3) is 0 Å². The van der Waals surface area contributed by atoms with Crippen LogP contribution in [0, 0.1) is 0 Å². The molecule has 1 fully saturated rings. The Morgan fingerprint density at radius 3 is 3.00 bits per heavy atom. The lowest BCUT2D eigenvalue weighted by Crippen LogP contribution is -2.38. The van der Waals surface area contributed by atoms with E-state index in [0.717, 1.165) is 18.2 Å². The fourth-order valence-corrected chi connectivity index (χ4v) is 2.62. The highest BCUT2D eigenvalue weighted by Gasteiger charge is 2.15. The van der Waals surface area contributed by atoms with Gasteiger partial charge in [-0.2, -0.15) is 11.8 Å². The number of nitrogens with zero attached hydrogens (tertiary/aromatic N) is 1. The third-order valence-electron chi connectivity index (χ3n) is 2.68. The summed E-state index contributed by atoms with van der Waals surface area (Å²) in [4.78, 5) is 2.52. The number of hydrogen-bond donors (Lipinski definition) is 1. The molecule has 0 aromatic heterocycles. The van der Waals surface area contributed by atoms with Crippen LogP contribution < -0.4 is 5.73 Å². The predicted octanol–water partition coefficient (Wildman–Crippen LogP) is 1.55. The molecule has 1 saturated heterocycles. The molecule has 0 aromatic carbocycles. The van der Waals surface area contributed by atoms with Crippen LogP contribution in [0.15, 0.2) is 0 Å². The van der Waals surface area contributed by atoms with E-state index in [1.54, 1.807) is 0 Å². The van der Waals surface area contributed by atoms with Gasteiger partial charge in [0.05, 0.1) is 0 Å². The minimum absolute atomic E-state index is 0.374. The summed E-state index contributed by atoms with van der Waals surface area (Å²) in [6, 6.07) is 0.374. The SMILES string of the molecule is CC[C@H](N)CN1CCSC(C)CC1. The van der Waals surface area contributed by atoms with Crippen molar-refractivity contribution in [2.45, 2.75) is 38.0 Å².